The number of aryl methyl sites for hydroxylation is 1. The van der Waals surface area contributed by atoms with Crippen molar-refractivity contribution < 1.29 is 4.74 Å². The molecule has 0 saturated carbocycles. The van der Waals surface area contributed by atoms with Crippen molar-refractivity contribution in [2.24, 2.45) is 5.92 Å². The Morgan fingerprint density at radius 3 is 2.60 bits per heavy atom. The maximum atomic E-state index is 9.98. The van der Waals surface area contributed by atoms with Gasteiger partial charge in [0.1, 0.15) is 24.0 Å². The molecule has 2 saturated heterocycles. The summed E-state index contributed by atoms with van der Waals surface area (Å²) in [6, 6.07) is 6.13. The van der Waals surface area contributed by atoms with Gasteiger partial charge in [-0.1, -0.05) is 11.6 Å². The fourth-order valence-corrected chi connectivity index (χ4v) is 5.26. The molecule has 5 rings (SSSR count). The van der Waals surface area contributed by atoms with E-state index in [9.17, 15) is 5.26 Å². The van der Waals surface area contributed by atoms with E-state index in [1.807, 2.05) is 25.5 Å². The summed E-state index contributed by atoms with van der Waals surface area (Å²) >= 11 is 6.67. The van der Waals surface area contributed by atoms with E-state index in [0.717, 1.165) is 48.4 Å². The van der Waals surface area contributed by atoms with Gasteiger partial charge in [-0.25, -0.2) is 24.7 Å². The number of hydrogen-bond acceptors (Lipinski definition) is 9. The number of hydrogen-bond donors (Lipinski definition) is 1. The number of nitrogens with zero attached hydrogens (tertiary/aromatic N) is 8. The zero-order valence-corrected chi connectivity index (χ0v) is 20.6. The van der Waals surface area contributed by atoms with Gasteiger partial charge in [0.15, 0.2) is 5.65 Å². The number of nitrogen functional groups attached to an aromatic ring is 1. The predicted octanol–water partition coefficient (Wildman–Crippen LogP) is 3.02. The Labute approximate surface area is 208 Å². The van der Waals surface area contributed by atoms with Gasteiger partial charge in [0.25, 0.3) is 0 Å². The molecule has 0 amide bonds. The van der Waals surface area contributed by atoms with E-state index in [-0.39, 0.29) is 17.9 Å². The van der Waals surface area contributed by atoms with Crippen molar-refractivity contribution in [2.75, 3.05) is 38.5 Å². The van der Waals surface area contributed by atoms with E-state index in [4.69, 9.17) is 32.4 Å². The number of rotatable bonds is 6. The van der Waals surface area contributed by atoms with Crippen molar-refractivity contribution in [2.45, 2.75) is 32.7 Å². The van der Waals surface area contributed by atoms with E-state index < -0.39 is 0 Å². The molecule has 0 aliphatic carbocycles. The zero-order chi connectivity index (χ0) is 24.9. The van der Waals surface area contributed by atoms with Gasteiger partial charge in [-0.15, -0.1) is 0 Å². The molecule has 10 nitrogen and oxygen atoms in total. The molecule has 180 valence electrons. The van der Waals surface area contributed by atoms with Crippen molar-refractivity contribution in [3.63, 3.8) is 0 Å². The molecule has 4 heterocycles. The Bertz CT molecular complexity index is 1380. The number of aromatic nitrogens is 4. The average Bonchev–Trinajstić information content (AvgIpc) is 3.12. The highest BCUT2D eigenvalue weighted by molar-refractivity contribution is 6.32. The second-order valence-electron chi connectivity index (χ2n) is 9.04. The smallest absolute Gasteiger partial charge is 0.164 e. The Morgan fingerprint density at radius 1 is 1.23 bits per heavy atom. The molecular weight excluding hydrogens is 466 g/mol. The third-order valence-electron chi connectivity index (χ3n) is 6.92. The second-order valence-corrected chi connectivity index (χ2v) is 9.45. The minimum Gasteiger partial charge on any atom is -0.493 e. The highest BCUT2D eigenvalue weighted by Crippen LogP contribution is 2.45. The molecule has 0 radical (unpaired) electrons. The molecular formula is C24H26ClN9O. The lowest BCUT2D eigenvalue weighted by Gasteiger charge is -2.51. The summed E-state index contributed by atoms with van der Waals surface area (Å²) in [5.41, 5.74) is 9.58. The number of hydrazine groups is 1. The molecule has 2 N–H and O–H groups in total. The average molecular weight is 492 g/mol. The second kappa shape index (κ2) is 8.97. The summed E-state index contributed by atoms with van der Waals surface area (Å²) in [7, 11) is 0. The molecule has 3 aromatic rings. The molecule has 2 aliphatic rings. The Balaban J connectivity index is 1.55. The molecule has 0 bridgehead atoms. The van der Waals surface area contributed by atoms with Crippen LogP contribution in [0.15, 0.2) is 12.4 Å². The van der Waals surface area contributed by atoms with Crippen molar-refractivity contribution in [1.82, 2.24) is 29.8 Å². The van der Waals surface area contributed by atoms with Gasteiger partial charge < -0.3 is 10.5 Å². The van der Waals surface area contributed by atoms with E-state index in [1.165, 1.54) is 6.33 Å². The van der Waals surface area contributed by atoms with Crippen LogP contribution in [0.2, 0.25) is 5.02 Å². The van der Waals surface area contributed by atoms with Crippen LogP contribution >= 0.6 is 11.6 Å². The molecule has 1 unspecified atom stereocenters. The van der Waals surface area contributed by atoms with E-state index in [2.05, 4.69) is 32.1 Å². The minimum atomic E-state index is -0.283. The third-order valence-corrected chi connectivity index (χ3v) is 7.22. The molecule has 11 heteroatoms. The molecule has 1 aromatic carbocycles. The summed E-state index contributed by atoms with van der Waals surface area (Å²) in [5, 5.41) is 29.3. The number of ether oxygens (including phenoxy) is 1. The van der Waals surface area contributed by atoms with Crippen molar-refractivity contribution in [3.8, 4) is 17.9 Å². The third kappa shape index (κ3) is 3.75. The molecule has 0 spiro atoms. The van der Waals surface area contributed by atoms with Crippen molar-refractivity contribution in [3.05, 3.63) is 39.8 Å². The molecule has 35 heavy (non-hydrogen) atoms. The number of nitriles is 2. The lowest BCUT2D eigenvalue weighted by molar-refractivity contribution is -0.138. The first kappa shape index (κ1) is 23.3. The summed E-state index contributed by atoms with van der Waals surface area (Å²) in [4.78, 5) is 8.53. The van der Waals surface area contributed by atoms with Crippen molar-refractivity contribution >= 4 is 28.5 Å². The standard InChI is InChI=1S/C24H26ClN9O/c1-4-35-22-17(14(3)34-24-20(13(2)31-34)23(28)29-12-30-24)5-19(25)18(7-27)21(22)16-10-33(11-16)32-8-15(6-26)9-32/h5,12,14-16H,4,8-11H2,1-3H3,(H2,28,29,30). The van der Waals surface area contributed by atoms with Crippen molar-refractivity contribution in [1.29, 1.82) is 10.5 Å². The summed E-state index contributed by atoms with van der Waals surface area (Å²) in [6.45, 7) is 9.24. The van der Waals surface area contributed by atoms with Gasteiger partial charge in [-0.05, 0) is 26.8 Å². The van der Waals surface area contributed by atoms with Crippen LogP contribution in [-0.4, -0.2) is 62.6 Å². The Kier molecular flexibility index (Phi) is 5.97. The van der Waals surface area contributed by atoms with E-state index in [0.29, 0.717) is 34.4 Å². The van der Waals surface area contributed by atoms with Crippen LogP contribution in [-0.2, 0) is 0 Å². The lowest BCUT2D eigenvalue weighted by atomic mass is 9.85. The van der Waals surface area contributed by atoms with Gasteiger partial charge in [-0.2, -0.15) is 15.6 Å². The molecule has 2 aliphatic heterocycles. The number of benzene rings is 1. The predicted molar refractivity (Wildman–Crippen MR) is 131 cm³/mol. The minimum absolute atomic E-state index is 0.0889. The van der Waals surface area contributed by atoms with Crippen LogP contribution < -0.4 is 10.5 Å². The number of halogens is 1. The zero-order valence-electron chi connectivity index (χ0n) is 19.9. The normalized spacial score (nSPS) is 18.0. The number of anilines is 1. The van der Waals surface area contributed by atoms with Gasteiger partial charge in [0.05, 0.1) is 46.3 Å². The summed E-state index contributed by atoms with van der Waals surface area (Å²) in [5.74, 6) is 1.23. The largest absolute Gasteiger partial charge is 0.493 e. The van der Waals surface area contributed by atoms with Crippen LogP contribution in [0.5, 0.6) is 5.75 Å². The maximum Gasteiger partial charge on any atom is 0.164 e. The van der Waals surface area contributed by atoms with Gasteiger partial charge in [-0.3, -0.25) is 0 Å². The summed E-state index contributed by atoms with van der Waals surface area (Å²) in [6.07, 6.45) is 1.43. The van der Waals surface area contributed by atoms with Crippen LogP contribution in [0.25, 0.3) is 11.0 Å². The first-order valence-corrected chi connectivity index (χ1v) is 12.0. The fourth-order valence-electron chi connectivity index (χ4n) is 5.00. The Morgan fingerprint density at radius 2 is 1.94 bits per heavy atom. The molecule has 2 fully saturated rings. The highest BCUT2D eigenvalue weighted by Gasteiger charge is 2.41. The molecule has 1 atom stereocenters. The van der Waals surface area contributed by atoms with Gasteiger partial charge in [0.2, 0.25) is 0 Å². The number of fused-ring (bicyclic) bond motifs is 1. The first-order chi connectivity index (χ1) is 16.9. The van der Waals surface area contributed by atoms with Crippen LogP contribution in [0.3, 0.4) is 0 Å². The lowest BCUT2D eigenvalue weighted by Crippen LogP contribution is -2.62. The SMILES string of the molecule is CCOc1c(C(C)n2nc(C)c3c(N)ncnc32)cc(Cl)c(C#N)c1C1CN(N2CC(C#N)C2)C1. The van der Waals surface area contributed by atoms with Gasteiger partial charge in [0, 0.05) is 43.2 Å². The maximum absolute atomic E-state index is 9.98. The van der Waals surface area contributed by atoms with E-state index in [1.54, 1.807) is 6.07 Å². The monoisotopic (exact) mass is 491 g/mol. The van der Waals surface area contributed by atoms with Crippen LogP contribution in [0.1, 0.15) is 48.2 Å². The summed E-state index contributed by atoms with van der Waals surface area (Å²) < 4.78 is 8.00. The van der Waals surface area contributed by atoms with Crippen LogP contribution in [0.4, 0.5) is 5.82 Å². The van der Waals surface area contributed by atoms with Gasteiger partial charge >= 0.3 is 0 Å². The Hall–Kier alpha value is -3.44. The topological polar surface area (TPSA) is 133 Å². The highest BCUT2D eigenvalue weighted by atomic mass is 35.5. The number of nitrogens with two attached hydrogens (primary N) is 1. The first-order valence-electron chi connectivity index (χ1n) is 11.6. The van der Waals surface area contributed by atoms with Crippen LogP contribution in [0, 0.1) is 35.5 Å². The quantitative estimate of drug-likeness (QED) is 0.552. The fraction of sp³-hybridized carbons (Fsp3) is 0.458. The molecule has 2 aromatic heterocycles. The van der Waals surface area contributed by atoms with E-state index >= 15 is 0 Å².